The summed E-state index contributed by atoms with van der Waals surface area (Å²) in [5, 5.41) is 3.19. The zero-order valence-electron chi connectivity index (χ0n) is 9.82. The Kier molecular flexibility index (Phi) is 5.17. The van der Waals surface area contributed by atoms with Gasteiger partial charge in [0.15, 0.2) is 0 Å². The SMILES string of the molecule is CC(C)(C)C#CSCC[Si](C)(C)C. The van der Waals surface area contributed by atoms with Crippen LogP contribution in [0.15, 0.2) is 0 Å². The Morgan fingerprint density at radius 1 is 1.15 bits per heavy atom. The first kappa shape index (κ1) is 13.1. The highest BCUT2D eigenvalue weighted by atomic mass is 32.2. The molecule has 0 aliphatic carbocycles. The molecule has 0 aromatic heterocycles. The molecule has 0 fully saturated rings. The van der Waals surface area contributed by atoms with Gasteiger partial charge in [-0.05, 0) is 32.1 Å². The van der Waals surface area contributed by atoms with Crippen LogP contribution in [0.4, 0.5) is 0 Å². The van der Waals surface area contributed by atoms with E-state index >= 15 is 0 Å². The second-order valence-corrected chi connectivity index (χ2v) is 12.2. The van der Waals surface area contributed by atoms with Crippen molar-refractivity contribution in [1.29, 1.82) is 0 Å². The molecule has 0 aliphatic rings. The van der Waals surface area contributed by atoms with E-state index in [4.69, 9.17) is 0 Å². The molecule has 0 amide bonds. The lowest BCUT2D eigenvalue weighted by molar-refractivity contribution is 0.571. The summed E-state index contributed by atoms with van der Waals surface area (Å²) in [4.78, 5) is 0. The quantitative estimate of drug-likeness (QED) is 0.388. The minimum absolute atomic E-state index is 0.159. The smallest absolute Gasteiger partial charge is 0.0451 e. The lowest BCUT2D eigenvalue weighted by Crippen LogP contribution is -2.19. The van der Waals surface area contributed by atoms with Crippen LogP contribution in [0.3, 0.4) is 0 Å². The second kappa shape index (κ2) is 5.12. The van der Waals surface area contributed by atoms with Crippen molar-refractivity contribution >= 4 is 19.8 Å². The lowest BCUT2D eigenvalue weighted by Gasteiger charge is -2.13. The van der Waals surface area contributed by atoms with Crippen LogP contribution in [0.2, 0.25) is 25.7 Å². The van der Waals surface area contributed by atoms with Gasteiger partial charge in [0, 0.05) is 19.2 Å². The minimum Gasteiger partial charge on any atom is -0.0853 e. The minimum atomic E-state index is -0.842. The molecule has 0 atom stereocenters. The van der Waals surface area contributed by atoms with Gasteiger partial charge in [-0.15, -0.1) is 0 Å². The Labute approximate surface area is 88.9 Å². The van der Waals surface area contributed by atoms with E-state index in [1.807, 2.05) is 0 Å². The van der Waals surface area contributed by atoms with Gasteiger partial charge < -0.3 is 0 Å². The third-order valence-electron chi connectivity index (χ3n) is 1.45. The molecule has 0 aliphatic heterocycles. The average molecular weight is 214 g/mol. The van der Waals surface area contributed by atoms with Gasteiger partial charge in [0.2, 0.25) is 0 Å². The van der Waals surface area contributed by atoms with Gasteiger partial charge in [-0.1, -0.05) is 37.3 Å². The highest BCUT2D eigenvalue weighted by molar-refractivity contribution is 8.03. The van der Waals surface area contributed by atoms with Crippen LogP contribution in [0.5, 0.6) is 0 Å². The van der Waals surface area contributed by atoms with Gasteiger partial charge in [-0.25, -0.2) is 0 Å². The summed E-state index contributed by atoms with van der Waals surface area (Å²) in [6, 6.07) is 1.37. The lowest BCUT2D eigenvalue weighted by atomic mass is 9.99. The number of hydrogen-bond acceptors (Lipinski definition) is 1. The summed E-state index contributed by atoms with van der Waals surface area (Å²) >= 11 is 1.78. The first-order valence-corrected chi connectivity index (χ1v) is 9.54. The first-order valence-electron chi connectivity index (χ1n) is 4.85. The molecule has 0 radical (unpaired) electrons. The van der Waals surface area contributed by atoms with Crippen LogP contribution >= 0.6 is 11.8 Å². The fourth-order valence-corrected chi connectivity index (χ4v) is 3.94. The maximum atomic E-state index is 3.24. The van der Waals surface area contributed by atoms with Gasteiger partial charge in [-0.2, -0.15) is 0 Å². The van der Waals surface area contributed by atoms with Crippen LogP contribution < -0.4 is 0 Å². The van der Waals surface area contributed by atoms with Crippen molar-refractivity contribution in [3.63, 3.8) is 0 Å². The van der Waals surface area contributed by atoms with E-state index < -0.39 is 8.07 Å². The maximum absolute atomic E-state index is 3.24. The van der Waals surface area contributed by atoms with Crippen LogP contribution in [0.1, 0.15) is 20.8 Å². The predicted molar refractivity (Wildman–Crippen MR) is 67.8 cm³/mol. The highest BCUT2D eigenvalue weighted by Gasteiger charge is 2.11. The monoisotopic (exact) mass is 214 g/mol. The molecule has 2 heteroatoms. The molecule has 0 N–H and O–H groups in total. The van der Waals surface area contributed by atoms with Crippen LogP contribution in [-0.4, -0.2) is 13.8 Å². The molecule has 0 spiro atoms. The average Bonchev–Trinajstić information content (AvgIpc) is 1.81. The molecule has 0 bridgehead atoms. The fourth-order valence-electron chi connectivity index (χ4n) is 0.597. The van der Waals surface area contributed by atoms with E-state index in [0.717, 1.165) is 0 Å². The van der Waals surface area contributed by atoms with E-state index in [2.05, 4.69) is 51.6 Å². The molecule has 0 rings (SSSR count). The summed E-state index contributed by atoms with van der Waals surface area (Å²) < 4.78 is 0. The molecule has 76 valence electrons. The summed E-state index contributed by atoms with van der Waals surface area (Å²) in [5.74, 6) is 4.44. The molecule has 0 unspecified atom stereocenters. The molecular formula is C11H22SSi. The Hall–Kier alpha value is 0.127. The van der Waals surface area contributed by atoms with Gasteiger partial charge >= 0.3 is 0 Å². The topological polar surface area (TPSA) is 0 Å². The van der Waals surface area contributed by atoms with E-state index in [1.54, 1.807) is 11.8 Å². The van der Waals surface area contributed by atoms with E-state index in [1.165, 1.54) is 11.8 Å². The van der Waals surface area contributed by atoms with Crippen molar-refractivity contribution in [2.24, 2.45) is 5.41 Å². The summed E-state index contributed by atoms with van der Waals surface area (Å²) in [7, 11) is -0.842. The maximum Gasteiger partial charge on any atom is 0.0451 e. The van der Waals surface area contributed by atoms with Crippen molar-refractivity contribution < 1.29 is 0 Å². The third kappa shape index (κ3) is 12.1. The van der Waals surface area contributed by atoms with Crippen LogP contribution in [-0.2, 0) is 0 Å². The summed E-state index contributed by atoms with van der Waals surface area (Å²) in [6.07, 6.45) is 0. The van der Waals surface area contributed by atoms with E-state index in [-0.39, 0.29) is 5.41 Å². The zero-order chi connectivity index (χ0) is 10.5. The van der Waals surface area contributed by atoms with Gasteiger partial charge in [-0.3, -0.25) is 0 Å². The van der Waals surface area contributed by atoms with Gasteiger partial charge in [0.25, 0.3) is 0 Å². The Bertz CT molecular complexity index is 197. The summed E-state index contributed by atoms with van der Waals surface area (Å²) in [5.41, 5.74) is 0.159. The van der Waals surface area contributed by atoms with Crippen LogP contribution in [0, 0.1) is 16.6 Å². The van der Waals surface area contributed by atoms with Crippen molar-refractivity contribution in [2.45, 2.75) is 46.5 Å². The number of thioether (sulfide) groups is 1. The largest absolute Gasteiger partial charge is 0.0853 e. The third-order valence-corrected chi connectivity index (χ3v) is 4.22. The number of rotatable bonds is 3. The van der Waals surface area contributed by atoms with Crippen LogP contribution in [0.25, 0.3) is 0 Å². The molecular weight excluding hydrogens is 192 g/mol. The second-order valence-electron chi connectivity index (χ2n) is 5.64. The predicted octanol–water partition coefficient (Wildman–Crippen LogP) is 4.06. The van der Waals surface area contributed by atoms with E-state index in [0.29, 0.717) is 0 Å². The van der Waals surface area contributed by atoms with Gasteiger partial charge in [0.05, 0.1) is 0 Å². The molecule has 0 saturated carbocycles. The molecule has 0 saturated heterocycles. The fraction of sp³-hybridized carbons (Fsp3) is 0.818. The molecule has 13 heavy (non-hydrogen) atoms. The van der Waals surface area contributed by atoms with Crippen molar-refractivity contribution in [2.75, 3.05) is 5.75 Å². The molecule has 0 aromatic rings. The van der Waals surface area contributed by atoms with Crippen molar-refractivity contribution in [3.8, 4) is 11.2 Å². The normalized spacial score (nSPS) is 12.2. The summed E-state index contributed by atoms with van der Waals surface area (Å²) in [6.45, 7) is 13.7. The molecule has 0 nitrogen and oxygen atoms in total. The number of hydrogen-bond donors (Lipinski definition) is 0. The Morgan fingerprint density at radius 2 is 1.69 bits per heavy atom. The molecule has 0 aromatic carbocycles. The first-order chi connectivity index (χ1) is 5.71. The Balaban J connectivity index is 3.62. The van der Waals surface area contributed by atoms with Crippen molar-refractivity contribution in [1.82, 2.24) is 0 Å². The highest BCUT2D eigenvalue weighted by Crippen LogP contribution is 2.15. The van der Waals surface area contributed by atoms with E-state index in [9.17, 15) is 0 Å². The van der Waals surface area contributed by atoms with Gasteiger partial charge in [0.1, 0.15) is 0 Å². The Morgan fingerprint density at radius 3 is 2.08 bits per heavy atom. The molecule has 0 heterocycles. The zero-order valence-corrected chi connectivity index (χ0v) is 11.6. The van der Waals surface area contributed by atoms with Crippen molar-refractivity contribution in [3.05, 3.63) is 0 Å². The standard InChI is InChI=1S/C11H22SSi/c1-11(2,3)7-8-12-9-10-13(4,5)6/h9-10H2,1-6H3.